The molecule has 0 aliphatic heterocycles. The molecule has 2 aliphatic rings. The lowest BCUT2D eigenvalue weighted by atomic mass is 9.73. The minimum atomic E-state index is 0.825. The quantitative estimate of drug-likeness (QED) is 0.395. The SMILES string of the molecule is C=CC1CCC(C2CCCC(CC/C=C/C)CC2)CC1. The molecule has 0 heteroatoms. The van der Waals surface area contributed by atoms with Crippen molar-refractivity contribution in [3.8, 4) is 0 Å². The Morgan fingerprint density at radius 3 is 2.30 bits per heavy atom. The summed E-state index contributed by atoms with van der Waals surface area (Å²) in [6, 6.07) is 0. The Balaban J connectivity index is 1.73. The third-order valence-corrected chi connectivity index (χ3v) is 5.93. The zero-order valence-electron chi connectivity index (χ0n) is 13.5. The van der Waals surface area contributed by atoms with E-state index in [0.717, 1.165) is 23.7 Å². The van der Waals surface area contributed by atoms with Gasteiger partial charge in [0.1, 0.15) is 0 Å². The van der Waals surface area contributed by atoms with E-state index in [-0.39, 0.29) is 0 Å². The van der Waals surface area contributed by atoms with Gasteiger partial charge < -0.3 is 0 Å². The molecule has 0 aromatic rings. The highest BCUT2D eigenvalue weighted by atomic mass is 14.3. The average Bonchev–Trinajstić information content (AvgIpc) is 2.73. The number of hydrogen-bond donors (Lipinski definition) is 0. The Bertz CT molecular complexity index is 293. The first kappa shape index (κ1) is 15.9. The smallest absolute Gasteiger partial charge is 0.0236 e. The summed E-state index contributed by atoms with van der Waals surface area (Å²) in [6.45, 7) is 6.12. The van der Waals surface area contributed by atoms with Gasteiger partial charge in [-0.1, -0.05) is 43.9 Å². The molecule has 0 radical (unpaired) electrons. The highest BCUT2D eigenvalue weighted by Crippen LogP contribution is 2.41. The van der Waals surface area contributed by atoms with Crippen LogP contribution in [0.4, 0.5) is 0 Å². The van der Waals surface area contributed by atoms with E-state index in [0.29, 0.717) is 0 Å². The normalized spacial score (nSPS) is 35.9. The molecule has 114 valence electrons. The van der Waals surface area contributed by atoms with Crippen molar-refractivity contribution in [3.63, 3.8) is 0 Å². The summed E-state index contributed by atoms with van der Waals surface area (Å²) in [4.78, 5) is 0. The van der Waals surface area contributed by atoms with Crippen molar-refractivity contribution in [2.24, 2.45) is 23.7 Å². The molecule has 2 saturated carbocycles. The van der Waals surface area contributed by atoms with Gasteiger partial charge in [0.05, 0.1) is 0 Å². The van der Waals surface area contributed by atoms with Crippen molar-refractivity contribution in [2.75, 3.05) is 0 Å². The van der Waals surface area contributed by atoms with Gasteiger partial charge in [0, 0.05) is 0 Å². The maximum atomic E-state index is 3.98. The molecule has 0 aromatic heterocycles. The van der Waals surface area contributed by atoms with Crippen LogP contribution in [-0.4, -0.2) is 0 Å². The topological polar surface area (TPSA) is 0 Å². The first-order chi connectivity index (χ1) is 9.83. The molecule has 2 atom stereocenters. The Labute approximate surface area is 126 Å². The minimum absolute atomic E-state index is 0.825. The van der Waals surface area contributed by atoms with Crippen LogP contribution in [-0.2, 0) is 0 Å². The second-order valence-electron chi connectivity index (χ2n) is 7.19. The lowest BCUT2D eigenvalue weighted by Gasteiger charge is -2.32. The van der Waals surface area contributed by atoms with Crippen molar-refractivity contribution in [3.05, 3.63) is 24.8 Å². The van der Waals surface area contributed by atoms with E-state index in [2.05, 4.69) is 31.7 Å². The average molecular weight is 274 g/mol. The Hall–Kier alpha value is -0.520. The molecule has 0 N–H and O–H groups in total. The van der Waals surface area contributed by atoms with Gasteiger partial charge in [-0.15, -0.1) is 6.58 Å². The number of hydrogen-bond acceptors (Lipinski definition) is 0. The number of allylic oxidation sites excluding steroid dienone is 3. The molecule has 0 amide bonds. The summed E-state index contributed by atoms with van der Waals surface area (Å²) >= 11 is 0. The lowest BCUT2D eigenvalue weighted by molar-refractivity contribution is 0.204. The predicted molar refractivity (Wildman–Crippen MR) is 89.8 cm³/mol. The molecular weight excluding hydrogens is 240 g/mol. The van der Waals surface area contributed by atoms with E-state index in [1.165, 1.54) is 70.6 Å². The molecule has 20 heavy (non-hydrogen) atoms. The molecular formula is C20H34. The van der Waals surface area contributed by atoms with Crippen LogP contribution < -0.4 is 0 Å². The van der Waals surface area contributed by atoms with Crippen LogP contribution >= 0.6 is 0 Å². The molecule has 2 aliphatic carbocycles. The lowest BCUT2D eigenvalue weighted by Crippen LogP contribution is -2.21. The van der Waals surface area contributed by atoms with E-state index in [4.69, 9.17) is 0 Å². The third kappa shape index (κ3) is 4.79. The zero-order valence-corrected chi connectivity index (χ0v) is 13.5. The first-order valence-electron chi connectivity index (χ1n) is 9.07. The van der Waals surface area contributed by atoms with Crippen LogP contribution in [0.1, 0.15) is 77.6 Å². The maximum Gasteiger partial charge on any atom is -0.0236 e. The summed E-state index contributed by atoms with van der Waals surface area (Å²) in [6.07, 6.45) is 22.8. The largest absolute Gasteiger partial charge is 0.103 e. The van der Waals surface area contributed by atoms with Gasteiger partial charge in [-0.2, -0.15) is 0 Å². The molecule has 2 unspecified atom stereocenters. The van der Waals surface area contributed by atoms with Gasteiger partial charge in [0.25, 0.3) is 0 Å². The van der Waals surface area contributed by atoms with Crippen molar-refractivity contribution >= 4 is 0 Å². The highest BCUT2D eigenvalue weighted by molar-refractivity contribution is 4.87. The second-order valence-corrected chi connectivity index (χ2v) is 7.19. The maximum absolute atomic E-state index is 3.98. The van der Waals surface area contributed by atoms with Crippen LogP contribution in [0.3, 0.4) is 0 Å². The van der Waals surface area contributed by atoms with Crippen LogP contribution in [0.15, 0.2) is 24.8 Å². The summed E-state index contributed by atoms with van der Waals surface area (Å²) in [5, 5.41) is 0. The Morgan fingerprint density at radius 2 is 1.60 bits per heavy atom. The zero-order chi connectivity index (χ0) is 14.2. The minimum Gasteiger partial charge on any atom is -0.103 e. The molecule has 2 fully saturated rings. The number of rotatable bonds is 5. The molecule has 0 spiro atoms. The van der Waals surface area contributed by atoms with Crippen LogP contribution in [0.2, 0.25) is 0 Å². The highest BCUT2D eigenvalue weighted by Gasteiger charge is 2.28. The van der Waals surface area contributed by atoms with Crippen molar-refractivity contribution in [1.82, 2.24) is 0 Å². The van der Waals surface area contributed by atoms with E-state index >= 15 is 0 Å². The molecule has 0 heterocycles. The van der Waals surface area contributed by atoms with E-state index < -0.39 is 0 Å². The van der Waals surface area contributed by atoms with Gasteiger partial charge in [-0.05, 0) is 75.5 Å². The van der Waals surface area contributed by atoms with Crippen molar-refractivity contribution in [1.29, 1.82) is 0 Å². The van der Waals surface area contributed by atoms with Crippen molar-refractivity contribution < 1.29 is 0 Å². The Kier molecular flexibility index (Phi) is 6.90. The van der Waals surface area contributed by atoms with Crippen LogP contribution in [0.5, 0.6) is 0 Å². The van der Waals surface area contributed by atoms with Gasteiger partial charge in [0.15, 0.2) is 0 Å². The van der Waals surface area contributed by atoms with E-state index in [1.807, 2.05) is 0 Å². The molecule has 0 aromatic carbocycles. The van der Waals surface area contributed by atoms with Crippen LogP contribution in [0, 0.1) is 23.7 Å². The van der Waals surface area contributed by atoms with Gasteiger partial charge in [-0.3, -0.25) is 0 Å². The van der Waals surface area contributed by atoms with E-state index in [1.54, 1.807) is 0 Å². The standard InChI is InChI=1S/C20H34/c1-3-5-6-8-18-9-7-10-19(16-13-18)20-14-11-17(4-2)12-15-20/h3-5,17-20H,2,6-16H2,1H3/b5-3+. The molecule has 0 bridgehead atoms. The third-order valence-electron chi connectivity index (χ3n) is 5.93. The van der Waals surface area contributed by atoms with Gasteiger partial charge in [-0.25, -0.2) is 0 Å². The fourth-order valence-corrected chi connectivity index (χ4v) is 4.52. The fourth-order valence-electron chi connectivity index (χ4n) is 4.52. The first-order valence-corrected chi connectivity index (χ1v) is 9.07. The molecule has 0 nitrogen and oxygen atoms in total. The molecule has 0 saturated heterocycles. The summed E-state index contributed by atoms with van der Waals surface area (Å²) in [7, 11) is 0. The monoisotopic (exact) mass is 274 g/mol. The van der Waals surface area contributed by atoms with Gasteiger partial charge >= 0.3 is 0 Å². The van der Waals surface area contributed by atoms with Crippen LogP contribution in [0.25, 0.3) is 0 Å². The second kappa shape index (κ2) is 8.70. The van der Waals surface area contributed by atoms with E-state index in [9.17, 15) is 0 Å². The van der Waals surface area contributed by atoms with Gasteiger partial charge in [0.2, 0.25) is 0 Å². The summed E-state index contributed by atoms with van der Waals surface area (Å²) < 4.78 is 0. The van der Waals surface area contributed by atoms with Crippen molar-refractivity contribution in [2.45, 2.75) is 77.6 Å². The Morgan fingerprint density at radius 1 is 0.900 bits per heavy atom. The summed E-state index contributed by atoms with van der Waals surface area (Å²) in [5.74, 6) is 3.93. The predicted octanol–water partition coefficient (Wildman–Crippen LogP) is 6.53. The molecule has 2 rings (SSSR count). The summed E-state index contributed by atoms with van der Waals surface area (Å²) in [5.41, 5.74) is 0. The fraction of sp³-hybridized carbons (Fsp3) is 0.800.